The summed E-state index contributed by atoms with van der Waals surface area (Å²) in [4.78, 5) is 21.4. The first-order valence-corrected chi connectivity index (χ1v) is 4.01. The molecular weight excluding hydrogens is 181 g/mol. The molecule has 1 saturated heterocycles. The van der Waals surface area contributed by atoms with E-state index in [1.807, 2.05) is 0 Å². The number of carboxylic acids is 1. The first-order chi connectivity index (χ1) is 5.81. The second-order valence-corrected chi connectivity index (χ2v) is 3.97. The molecule has 0 radical (unpaired) electrons. The summed E-state index contributed by atoms with van der Waals surface area (Å²) in [5, 5.41) is 12.7. The monoisotopic (exact) mass is 193 g/mol. The molecule has 1 rings (SSSR count). The number of carboxylic acid groups (broad SMARTS) is 1. The standard InChI is InChI=1S/C8H13NO4.Li/c1-8(2,3)13-7(12)5-4(9-5)6(10)11;/h4-5,9H,1-3H3,(H,10,11);/q;+1/p-1/t4-,5-;/m1./s1. The minimum Gasteiger partial charge on any atom is -0.548 e. The van der Waals surface area contributed by atoms with E-state index in [1.165, 1.54) is 0 Å². The number of esters is 1. The van der Waals surface area contributed by atoms with Gasteiger partial charge in [0.2, 0.25) is 0 Å². The summed E-state index contributed by atoms with van der Waals surface area (Å²) in [7, 11) is 0. The second-order valence-electron chi connectivity index (χ2n) is 3.97. The fourth-order valence-corrected chi connectivity index (χ4v) is 0.911. The van der Waals surface area contributed by atoms with Crippen LogP contribution in [0, 0.1) is 0 Å². The minimum absolute atomic E-state index is 0. The van der Waals surface area contributed by atoms with Crippen LogP contribution in [0.4, 0.5) is 0 Å². The van der Waals surface area contributed by atoms with Gasteiger partial charge in [-0.2, -0.15) is 0 Å². The normalized spacial score (nSPS) is 24.8. The van der Waals surface area contributed by atoms with Crippen LogP contribution in [0.15, 0.2) is 0 Å². The maximum atomic E-state index is 11.2. The summed E-state index contributed by atoms with van der Waals surface area (Å²) in [6, 6.07) is -1.61. The van der Waals surface area contributed by atoms with Gasteiger partial charge in [-0.1, -0.05) is 0 Å². The summed E-state index contributed by atoms with van der Waals surface area (Å²) in [5.74, 6) is -1.81. The average Bonchev–Trinajstić information content (AvgIpc) is 2.58. The molecule has 74 valence electrons. The van der Waals surface area contributed by atoms with E-state index in [0.29, 0.717) is 0 Å². The Balaban J connectivity index is 0.00000169. The van der Waals surface area contributed by atoms with Crippen LogP contribution in [0.5, 0.6) is 0 Å². The van der Waals surface area contributed by atoms with E-state index < -0.39 is 29.6 Å². The Morgan fingerprint density at radius 1 is 1.29 bits per heavy atom. The van der Waals surface area contributed by atoms with Crippen molar-refractivity contribution in [3.05, 3.63) is 0 Å². The molecule has 5 nitrogen and oxygen atoms in total. The molecule has 1 aliphatic rings. The molecule has 6 heteroatoms. The van der Waals surface area contributed by atoms with Crippen molar-refractivity contribution in [2.24, 2.45) is 0 Å². The summed E-state index contributed by atoms with van der Waals surface area (Å²) in [6.07, 6.45) is 0. The number of hydrogen-bond donors (Lipinski definition) is 1. The summed E-state index contributed by atoms with van der Waals surface area (Å²) in [5.41, 5.74) is -0.585. The predicted molar refractivity (Wildman–Crippen MR) is 41.6 cm³/mol. The van der Waals surface area contributed by atoms with Gasteiger partial charge in [-0.05, 0) is 20.8 Å². The van der Waals surface area contributed by atoms with E-state index in [1.54, 1.807) is 20.8 Å². The van der Waals surface area contributed by atoms with E-state index in [-0.39, 0.29) is 18.9 Å². The van der Waals surface area contributed by atoms with Crippen molar-refractivity contribution in [2.75, 3.05) is 0 Å². The molecule has 2 atom stereocenters. The van der Waals surface area contributed by atoms with Crippen molar-refractivity contribution in [1.29, 1.82) is 0 Å². The van der Waals surface area contributed by atoms with E-state index in [9.17, 15) is 14.7 Å². The first kappa shape index (κ1) is 13.5. The van der Waals surface area contributed by atoms with Gasteiger partial charge >= 0.3 is 24.8 Å². The zero-order valence-electron chi connectivity index (χ0n) is 8.79. The molecule has 0 saturated carbocycles. The van der Waals surface area contributed by atoms with Gasteiger partial charge in [-0.25, -0.2) is 0 Å². The number of ether oxygens (including phenoxy) is 1. The Morgan fingerprint density at radius 2 is 1.79 bits per heavy atom. The van der Waals surface area contributed by atoms with E-state index in [2.05, 4.69) is 5.32 Å². The van der Waals surface area contributed by atoms with Gasteiger partial charge in [0.1, 0.15) is 11.6 Å². The summed E-state index contributed by atoms with van der Waals surface area (Å²) >= 11 is 0. The molecule has 0 spiro atoms. The van der Waals surface area contributed by atoms with Crippen LogP contribution in [0.25, 0.3) is 0 Å². The molecule has 1 aliphatic heterocycles. The maximum Gasteiger partial charge on any atom is 1.00 e. The second kappa shape index (κ2) is 4.35. The van der Waals surface area contributed by atoms with Gasteiger partial charge in [0.25, 0.3) is 0 Å². The number of carbonyl (C=O) groups excluding carboxylic acids is 2. The molecule has 1 N–H and O–H groups in total. The van der Waals surface area contributed by atoms with E-state index in [4.69, 9.17) is 4.74 Å². The van der Waals surface area contributed by atoms with Crippen LogP contribution in [0.1, 0.15) is 20.8 Å². The van der Waals surface area contributed by atoms with Gasteiger partial charge in [0.15, 0.2) is 0 Å². The van der Waals surface area contributed by atoms with Crippen LogP contribution >= 0.6 is 0 Å². The molecule has 14 heavy (non-hydrogen) atoms. The van der Waals surface area contributed by atoms with Gasteiger partial charge in [-0.3, -0.25) is 10.1 Å². The fraction of sp³-hybridized carbons (Fsp3) is 0.750. The van der Waals surface area contributed by atoms with Crippen molar-refractivity contribution in [3.63, 3.8) is 0 Å². The van der Waals surface area contributed by atoms with Crippen molar-refractivity contribution in [3.8, 4) is 0 Å². The molecule has 0 amide bonds. The molecule has 0 bridgehead atoms. The number of rotatable bonds is 2. The number of nitrogens with one attached hydrogen (secondary N) is 1. The van der Waals surface area contributed by atoms with Crippen molar-refractivity contribution in [1.82, 2.24) is 5.32 Å². The van der Waals surface area contributed by atoms with Crippen LogP contribution in [-0.4, -0.2) is 29.6 Å². The summed E-state index contributed by atoms with van der Waals surface area (Å²) in [6.45, 7) is 5.17. The first-order valence-electron chi connectivity index (χ1n) is 4.01. The molecule has 0 aliphatic carbocycles. The topological polar surface area (TPSA) is 88.4 Å². The Hall–Kier alpha value is -0.503. The quantitative estimate of drug-likeness (QED) is 0.271. The zero-order chi connectivity index (χ0) is 10.2. The van der Waals surface area contributed by atoms with Crippen molar-refractivity contribution in [2.45, 2.75) is 38.5 Å². The Labute approximate surface area is 94.4 Å². The van der Waals surface area contributed by atoms with Gasteiger partial charge in [-0.15, -0.1) is 0 Å². The molecule has 1 fully saturated rings. The van der Waals surface area contributed by atoms with Crippen molar-refractivity contribution >= 4 is 11.9 Å². The molecule has 0 aromatic rings. The third kappa shape index (κ3) is 3.70. The van der Waals surface area contributed by atoms with Gasteiger partial charge in [0, 0.05) is 0 Å². The zero-order valence-corrected chi connectivity index (χ0v) is 8.79. The SMILES string of the molecule is CC(C)(C)OC(=O)[C@@H]1N[C@H]1C(=O)[O-].[Li+]. The Kier molecular flexibility index (Phi) is 4.19. The third-order valence-corrected chi connectivity index (χ3v) is 1.50. The van der Waals surface area contributed by atoms with Gasteiger partial charge < -0.3 is 14.6 Å². The van der Waals surface area contributed by atoms with E-state index in [0.717, 1.165) is 0 Å². The molecule has 0 aromatic heterocycles. The molecule has 0 unspecified atom stereocenters. The third-order valence-electron chi connectivity index (χ3n) is 1.50. The van der Waals surface area contributed by atoms with Crippen LogP contribution < -0.4 is 29.3 Å². The smallest absolute Gasteiger partial charge is 0.548 e. The Bertz CT molecular complexity index is 248. The maximum absolute atomic E-state index is 11.2. The molecular formula is C8H12LiNO4. The molecule has 0 aromatic carbocycles. The van der Waals surface area contributed by atoms with Gasteiger partial charge in [0.05, 0.1) is 12.0 Å². The number of aliphatic carboxylic acids is 1. The van der Waals surface area contributed by atoms with Crippen molar-refractivity contribution < 1.29 is 38.3 Å². The van der Waals surface area contributed by atoms with Crippen LogP contribution in [-0.2, 0) is 14.3 Å². The average molecular weight is 193 g/mol. The number of carbonyl (C=O) groups is 2. The predicted octanol–water partition coefficient (Wildman–Crippen LogP) is -4.58. The fourth-order valence-electron chi connectivity index (χ4n) is 0.911. The summed E-state index contributed by atoms with van der Waals surface area (Å²) < 4.78 is 4.95. The largest absolute Gasteiger partial charge is 1.00 e. The number of hydrogen-bond acceptors (Lipinski definition) is 5. The molecule has 1 heterocycles. The Morgan fingerprint density at radius 3 is 2.07 bits per heavy atom. The minimum atomic E-state index is -1.27. The van der Waals surface area contributed by atoms with Crippen LogP contribution in [0.2, 0.25) is 0 Å². The van der Waals surface area contributed by atoms with Crippen LogP contribution in [0.3, 0.4) is 0 Å². The van der Waals surface area contributed by atoms with E-state index >= 15 is 0 Å².